The van der Waals surface area contributed by atoms with Crippen molar-refractivity contribution in [2.45, 2.75) is 0 Å². The maximum absolute atomic E-state index is 3.62. The van der Waals surface area contributed by atoms with Gasteiger partial charge in [0.1, 0.15) is 0 Å². The van der Waals surface area contributed by atoms with Gasteiger partial charge in [0.2, 0.25) is 0 Å². The molecular weight excluding hydrogens is 552 g/mol. The Kier molecular flexibility index (Phi) is 4.41. The molecule has 0 amide bonds. The van der Waals surface area contributed by atoms with E-state index < -0.39 is 0 Å². The van der Waals surface area contributed by atoms with Crippen molar-refractivity contribution in [1.29, 1.82) is 0 Å². The predicted octanol–water partition coefficient (Wildman–Crippen LogP) is 9.13. The minimum absolute atomic E-state index is 1.10. The first-order valence-electron chi connectivity index (χ1n) is 11.0. The third-order valence-electron chi connectivity index (χ3n) is 6.53. The summed E-state index contributed by atoms with van der Waals surface area (Å²) < 4.78 is 2.23. The molecule has 0 spiro atoms. The topological polar surface area (TPSA) is 63.2 Å². The van der Waals surface area contributed by atoms with Crippen molar-refractivity contribution in [2.24, 2.45) is 0 Å². The third kappa shape index (κ3) is 2.95. The van der Waals surface area contributed by atoms with E-state index >= 15 is 0 Å². The molecule has 0 saturated carbocycles. The minimum atomic E-state index is 1.10. The van der Waals surface area contributed by atoms with E-state index in [1.807, 2.05) is 18.5 Å². The monoisotopic (exact) mass is 568 g/mol. The van der Waals surface area contributed by atoms with Gasteiger partial charge in [0.05, 0.1) is 22.1 Å². The highest BCUT2D eigenvalue weighted by Crippen LogP contribution is 2.35. The number of aromatic amines is 4. The van der Waals surface area contributed by atoms with Gasteiger partial charge in [0, 0.05) is 64.7 Å². The highest BCUT2D eigenvalue weighted by atomic mass is 79.9. The largest absolute Gasteiger partial charge is 0.359 e. The molecule has 8 aromatic rings. The Labute approximate surface area is 210 Å². The second-order valence-electron chi connectivity index (χ2n) is 8.46. The SMILES string of the molecule is Brc1ccc2c(c1)[nH]c1c2ccc2cc[nH]c21.Brc1cccc2[nH]c3c(ccc4cc[nH]c43)c12. The molecule has 0 aliphatic carbocycles. The number of H-pyrrole nitrogens is 4. The van der Waals surface area contributed by atoms with Gasteiger partial charge in [-0.05, 0) is 36.4 Å². The summed E-state index contributed by atoms with van der Waals surface area (Å²) in [6.45, 7) is 0. The highest BCUT2D eigenvalue weighted by molar-refractivity contribution is 9.11. The number of hydrogen-bond acceptors (Lipinski definition) is 0. The maximum atomic E-state index is 3.62. The Morgan fingerprint density at radius 1 is 0.529 bits per heavy atom. The minimum Gasteiger partial charge on any atom is -0.359 e. The summed E-state index contributed by atoms with van der Waals surface area (Å²) in [5.41, 5.74) is 7.03. The summed E-state index contributed by atoms with van der Waals surface area (Å²) in [5, 5.41) is 7.51. The van der Waals surface area contributed by atoms with Gasteiger partial charge in [-0.2, -0.15) is 0 Å². The molecule has 0 aliphatic heterocycles. The van der Waals surface area contributed by atoms with Gasteiger partial charge >= 0.3 is 0 Å². The van der Waals surface area contributed by atoms with Gasteiger partial charge in [-0.3, -0.25) is 0 Å². The van der Waals surface area contributed by atoms with E-state index in [4.69, 9.17) is 0 Å². The van der Waals surface area contributed by atoms with Crippen molar-refractivity contribution in [3.8, 4) is 0 Å². The summed E-state index contributed by atoms with van der Waals surface area (Å²) in [6, 6.07) is 25.4. The molecule has 0 radical (unpaired) electrons. The van der Waals surface area contributed by atoms with E-state index in [0.717, 1.165) is 20.0 Å². The van der Waals surface area contributed by atoms with Crippen molar-refractivity contribution >= 4 is 97.3 Å². The zero-order valence-corrected chi connectivity index (χ0v) is 21.0. The molecule has 0 unspecified atom stereocenters. The van der Waals surface area contributed by atoms with Crippen LogP contribution in [0.4, 0.5) is 0 Å². The van der Waals surface area contributed by atoms with Crippen molar-refractivity contribution in [2.75, 3.05) is 0 Å². The molecule has 4 heterocycles. The molecule has 6 heteroatoms. The van der Waals surface area contributed by atoms with Crippen LogP contribution in [0.25, 0.3) is 65.4 Å². The summed E-state index contributed by atoms with van der Waals surface area (Å²) in [6.07, 6.45) is 3.95. The first-order chi connectivity index (χ1) is 16.7. The van der Waals surface area contributed by atoms with E-state index in [0.29, 0.717) is 0 Å². The molecule has 0 bridgehead atoms. The number of fused-ring (bicyclic) bond motifs is 10. The van der Waals surface area contributed by atoms with Crippen LogP contribution in [0.2, 0.25) is 0 Å². The van der Waals surface area contributed by atoms with E-state index in [9.17, 15) is 0 Å². The number of rotatable bonds is 0. The molecule has 0 atom stereocenters. The molecule has 4 aromatic heterocycles. The van der Waals surface area contributed by atoms with E-state index in [2.05, 4.69) is 119 Å². The van der Waals surface area contributed by atoms with Crippen molar-refractivity contribution in [3.63, 3.8) is 0 Å². The van der Waals surface area contributed by atoms with Crippen LogP contribution in [-0.4, -0.2) is 19.9 Å². The first-order valence-corrected chi connectivity index (χ1v) is 12.6. The van der Waals surface area contributed by atoms with Crippen LogP contribution in [0.15, 0.2) is 94.1 Å². The summed E-state index contributed by atoms with van der Waals surface area (Å²) in [7, 11) is 0. The number of hydrogen-bond donors (Lipinski definition) is 4. The molecule has 8 rings (SSSR count). The van der Waals surface area contributed by atoms with Crippen LogP contribution in [0.5, 0.6) is 0 Å². The van der Waals surface area contributed by atoms with Crippen LogP contribution >= 0.6 is 31.9 Å². The zero-order valence-electron chi connectivity index (χ0n) is 17.8. The Balaban J connectivity index is 0.000000118. The predicted molar refractivity (Wildman–Crippen MR) is 151 cm³/mol. The fourth-order valence-corrected chi connectivity index (χ4v) is 5.92. The molecule has 164 valence electrons. The normalized spacial score (nSPS) is 11.8. The molecule has 4 aromatic carbocycles. The van der Waals surface area contributed by atoms with Crippen LogP contribution in [0, 0.1) is 0 Å². The molecule has 0 saturated heterocycles. The zero-order chi connectivity index (χ0) is 22.8. The third-order valence-corrected chi connectivity index (χ3v) is 7.68. The average Bonchev–Trinajstić information content (AvgIpc) is 3.61. The van der Waals surface area contributed by atoms with Gasteiger partial charge in [-0.15, -0.1) is 0 Å². The molecule has 34 heavy (non-hydrogen) atoms. The fraction of sp³-hybridized carbons (Fsp3) is 0. The maximum Gasteiger partial charge on any atom is 0.0710 e. The van der Waals surface area contributed by atoms with E-state index in [1.54, 1.807) is 0 Å². The van der Waals surface area contributed by atoms with Gasteiger partial charge < -0.3 is 19.9 Å². The van der Waals surface area contributed by atoms with Crippen molar-refractivity contribution in [1.82, 2.24) is 19.9 Å². The van der Waals surface area contributed by atoms with Crippen LogP contribution in [-0.2, 0) is 0 Å². The number of nitrogens with one attached hydrogen (secondary N) is 4. The average molecular weight is 570 g/mol. The smallest absolute Gasteiger partial charge is 0.0710 e. The van der Waals surface area contributed by atoms with Gasteiger partial charge in [0.15, 0.2) is 0 Å². The summed E-state index contributed by atoms with van der Waals surface area (Å²) >= 11 is 7.13. The Morgan fingerprint density at radius 2 is 1.18 bits per heavy atom. The Morgan fingerprint density at radius 3 is 1.94 bits per heavy atom. The van der Waals surface area contributed by atoms with Crippen LogP contribution in [0.1, 0.15) is 0 Å². The molecule has 4 nitrogen and oxygen atoms in total. The summed E-state index contributed by atoms with van der Waals surface area (Å²) in [4.78, 5) is 13.6. The molecule has 4 N–H and O–H groups in total. The first kappa shape index (κ1) is 19.9. The standard InChI is InChI=1S/2C14H9BrN2/c15-9-2-4-10-11-3-1-8-5-6-16-13(8)14(11)17-12(10)7-9;15-10-2-1-3-11-12(10)9-5-4-8-6-7-16-13(8)14(9)17-11/h2*1-7,16-17H. The van der Waals surface area contributed by atoms with Gasteiger partial charge in [0.25, 0.3) is 0 Å². The number of benzene rings is 4. The molecular formula is C28H18Br2N4. The second-order valence-corrected chi connectivity index (χ2v) is 10.2. The van der Waals surface area contributed by atoms with Crippen LogP contribution < -0.4 is 0 Å². The molecule has 0 aliphatic rings. The van der Waals surface area contributed by atoms with Gasteiger partial charge in [-0.1, -0.05) is 68.3 Å². The second kappa shape index (κ2) is 7.52. The van der Waals surface area contributed by atoms with E-state index in [-0.39, 0.29) is 0 Å². The fourth-order valence-electron chi connectivity index (χ4n) is 4.97. The lowest BCUT2D eigenvalue weighted by atomic mass is 10.1. The lowest BCUT2D eigenvalue weighted by Gasteiger charge is -1.95. The summed E-state index contributed by atoms with van der Waals surface area (Å²) in [5.74, 6) is 0. The lowest BCUT2D eigenvalue weighted by molar-refractivity contribution is 1.47. The quantitative estimate of drug-likeness (QED) is 0.141. The van der Waals surface area contributed by atoms with Crippen molar-refractivity contribution < 1.29 is 0 Å². The Hall–Kier alpha value is -3.48. The van der Waals surface area contributed by atoms with E-state index in [1.165, 1.54) is 54.4 Å². The highest BCUT2D eigenvalue weighted by Gasteiger charge is 2.10. The number of aromatic nitrogens is 4. The van der Waals surface area contributed by atoms with Crippen molar-refractivity contribution in [3.05, 3.63) is 94.1 Å². The lowest BCUT2D eigenvalue weighted by Crippen LogP contribution is -1.71. The Bertz CT molecular complexity index is 2000. The number of halogens is 2. The molecule has 0 fully saturated rings. The van der Waals surface area contributed by atoms with Gasteiger partial charge in [-0.25, -0.2) is 0 Å². The van der Waals surface area contributed by atoms with Crippen LogP contribution in [0.3, 0.4) is 0 Å².